The average Bonchev–Trinajstić information content (AvgIpc) is 3.32. The second kappa shape index (κ2) is 7.56. The van der Waals surface area contributed by atoms with Gasteiger partial charge in [-0.1, -0.05) is 6.92 Å². The number of aliphatic hydroxyl groups is 1. The van der Waals surface area contributed by atoms with Gasteiger partial charge >= 0.3 is 0 Å². The maximum atomic E-state index is 9.41. The van der Waals surface area contributed by atoms with E-state index < -0.39 is 0 Å². The highest BCUT2D eigenvalue weighted by atomic mass is 16.5. The van der Waals surface area contributed by atoms with Crippen LogP contribution in [0.5, 0.6) is 0 Å². The van der Waals surface area contributed by atoms with Crippen molar-refractivity contribution >= 4 is 11.6 Å². The lowest BCUT2D eigenvalue weighted by Crippen LogP contribution is -2.30. The number of rotatable bonds is 9. The summed E-state index contributed by atoms with van der Waals surface area (Å²) in [6, 6.07) is -0.158. The predicted octanol–water partition coefficient (Wildman–Crippen LogP) is 1.90. The molecule has 1 fully saturated rings. The fourth-order valence-corrected chi connectivity index (χ4v) is 2.15. The zero-order valence-corrected chi connectivity index (χ0v) is 13.1. The van der Waals surface area contributed by atoms with Gasteiger partial charge in [-0.3, -0.25) is 0 Å². The van der Waals surface area contributed by atoms with Crippen molar-refractivity contribution in [1.29, 1.82) is 0 Å². The normalized spacial score (nSPS) is 15.8. The van der Waals surface area contributed by atoms with Gasteiger partial charge in [0.15, 0.2) is 0 Å². The lowest BCUT2D eigenvalue weighted by molar-refractivity contribution is 0.153. The molecule has 0 aliphatic heterocycles. The molecular weight excluding hydrogens is 268 g/mol. The molecule has 1 unspecified atom stereocenters. The molecule has 6 heteroatoms. The third-order valence-electron chi connectivity index (χ3n) is 3.58. The van der Waals surface area contributed by atoms with E-state index in [1.807, 2.05) is 6.92 Å². The highest BCUT2D eigenvalue weighted by molar-refractivity contribution is 5.58. The lowest BCUT2D eigenvalue weighted by atomic mass is 10.2. The largest absolute Gasteiger partial charge is 0.394 e. The molecule has 1 aromatic rings. The minimum absolute atomic E-state index is 0.00771. The maximum absolute atomic E-state index is 9.41. The van der Waals surface area contributed by atoms with Crippen molar-refractivity contribution in [2.75, 3.05) is 37.5 Å². The summed E-state index contributed by atoms with van der Waals surface area (Å²) in [4.78, 5) is 9.30. The van der Waals surface area contributed by atoms with Crippen molar-refractivity contribution in [2.45, 2.75) is 45.1 Å². The van der Waals surface area contributed by atoms with Crippen LogP contribution in [-0.2, 0) is 4.74 Å². The van der Waals surface area contributed by atoms with Crippen molar-refractivity contribution in [1.82, 2.24) is 9.97 Å². The number of nitrogens with one attached hydrogen (secondary N) is 2. The van der Waals surface area contributed by atoms with Crippen LogP contribution in [0.2, 0.25) is 0 Å². The Morgan fingerprint density at radius 3 is 2.62 bits per heavy atom. The third kappa shape index (κ3) is 4.28. The Morgan fingerprint density at radius 2 is 2.05 bits per heavy atom. The smallest absolute Gasteiger partial charge is 0.136 e. The Balaban J connectivity index is 2.22. The third-order valence-corrected chi connectivity index (χ3v) is 3.58. The van der Waals surface area contributed by atoms with Gasteiger partial charge in [-0.05, 0) is 26.2 Å². The molecule has 118 valence electrons. The second-order valence-electron chi connectivity index (χ2n) is 5.58. The Morgan fingerprint density at radius 1 is 1.33 bits per heavy atom. The van der Waals surface area contributed by atoms with Crippen LogP contribution in [0.4, 0.5) is 11.6 Å². The molecule has 1 aromatic heterocycles. The van der Waals surface area contributed by atoms with Crippen LogP contribution in [-0.4, -0.2) is 48.0 Å². The topological polar surface area (TPSA) is 79.3 Å². The summed E-state index contributed by atoms with van der Waals surface area (Å²) < 4.78 is 5.11. The van der Waals surface area contributed by atoms with Crippen LogP contribution in [0.15, 0.2) is 0 Å². The standard InChI is InChI=1S/C15H26N4O2/c1-4-7-16-13-10(2)14(17-12(8-20)9-21-3)19-15(18-13)11-5-6-11/h11-12,20H,4-9H2,1-3H3,(H2,16,17,18,19). The van der Waals surface area contributed by atoms with E-state index in [0.29, 0.717) is 12.5 Å². The molecule has 0 amide bonds. The summed E-state index contributed by atoms with van der Waals surface area (Å²) >= 11 is 0. The van der Waals surface area contributed by atoms with Gasteiger partial charge in [-0.15, -0.1) is 0 Å². The molecule has 1 saturated carbocycles. The molecule has 3 N–H and O–H groups in total. The Labute approximate surface area is 126 Å². The van der Waals surface area contributed by atoms with Crippen LogP contribution in [0, 0.1) is 6.92 Å². The highest BCUT2D eigenvalue weighted by Crippen LogP contribution is 2.39. The zero-order valence-electron chi connectivity index (χ0n) is 13.1. The maximum Gasteiger partial charge on any atom is 0.136 e. The highest BCUT2D eigenvalue weighted by Gasteiger charge is 2.28. The Kier molecular flexibility index (Phi) is 5.76. The molecule has 1 heterocycles. The predicted molar refractivity (Wildman–Crippen MR) is 83.9 cm³/mol. The molecule has 2 rings (SSSR count). The first-order valence-corrected chi connectivity index (χ1v) is 7.68. The quantitative estimate of drug-likeness (QED) is 0.645. The molecule has 1 atom stereocenters. The summed E-state index contributed by atoms with van der Waals surface area (Å²) in [6.45, 7) is 5.47. The van der Waals surface area contributed by atoms with Gasteiger partial charge in [-0.25, -0.2) is 9.97 Å². The fourth-order valence-electron chi connectivity index (χ4n) is 2.15. The van der Waals surface area contributed by atoms with Crippen LogP contribution >= 0.6 is 0 Å². The molecule has 6 nitrogen and oxygen atoms in total. The van der Waals surface area contributed by atoms with Gasteiger partial charge in [0, 0.05) is 25.1 Å². The molecular formula is C15H26N4O2. The summed E-state index contributed by atoms with van der Waals surface area (Å²) in [5.41, 5.74) is 0.988. The first-order chi connectivity index (χ1) is 10.2. The first kappa shape index (κ1) is 16.0. The minimum Gasteiger partial charge on any atom is -0.394 e. The van der Waals surface area contributed by atoms with Gasteiger partial charge < -0.3 is 20.5 Å². The summed E-state index contributed by atoms with van der Waals surface area (Å²) in [6.07, 6.45) is 3.38. The molecule has 1 aliphatic rings. The van der Waals surface area contributed by atoms with Gasteiger partial charge in [0.2, 0.25) is 0 Å². The van der Waals surface area contributed by atoms with Crippen LogP contribution in [0.1, 0.15) is 43.5 Å². The van der Waals surface area contributed by atoms with E-state index in [4.69, 9.17) is 4.74 Å². The number of hydrogen-bond donors (Lipinski definition) is 3. The molecule has 21 heavy (non-hydrogen) atoms. The van der Waals surface area contributed by atoms with Crippen LogP contribution in [0.3, 0.4) is 0 Å². The second-order valence-corrected chi connectivity index (χ2v) is 5.58. The molecule has 1 aliphatic carbocycles. The Bertz CT molecular complexity index is 463. The fraction of sp³-hybridized carbons (Fsp3) is 0.733. The minimum atomic E-state index is -0.158. The summed E-state index contributed by atoms with van der Waals surface area (Å²) in [5, 5.41) is 16.0. The number of ether oxygens (including phenoxy) is 1. The van der Waals surface area contributed by atoms with Crippen molar-refractivity contribution in [3.8, 4) is 0 Å². The van der Waals surface area contributed by atoms with E-state index in [1.165, 1.54) is 0 Å². The first-order valence-electron chi connectivity index (χ1n) is 7.68. The SMILES string of the molecule is CCCNc1nc(C2CC2)nc(NC(CO)COC)c1C. The molecule has 0 bridgehead atoms. The van der Waals surface area contributed by atoms with E-state index in [-0.39, 0.29) is 12.6 Å². The number of anilines is 2. The van der Waals surface area contributed by atoms with Gasteiger partial charge in [0.05, 0.1) is 19.3 Å². The molecule has 0 aromatic carbocycles. The van der Waals surface area contributed by atoms with E-state index in [2.05, 4.69) is 27.5 Å². The number of methoxy groups -OCH3 is 1. The van der Waals surface area contributed by atoms with Gasteiger partial charge in [0.25, 0.3) is 0 Å². The van der Waals surface area contributed by atoms with Gasteiger partial charge in [0.1, 0.15) is 17.5 Å². The molecule has 0 saturated heterocycles. The van der Waals surface area contributed by atoms with Crippen LogP contribution < -0.4 is 10.6 Å². The van der Waals surface area contributed by atoms with Crippen molar-refractivity contribution in [2.24, 2.45) is 0 Å². The molecule has 0 spiro atoms. The van der Waals surface area contributed by atoms with E-state index >= 15 is 0 Å². The Hall–Kier alpha value is -1.40. The number of nitrogens with zero attached hydrogens (tertiary/aromatic N) is 2. The number of hydrogen-bond acceptors (Lipinski definition) is 6. The number of aliphatic hydroxyl groups excluding tert-OH is 1. The van der Waals surface area contributed by atoms with Crippen molar-refractivity contribution in [3.05, 3.63) is 11.4 Å². The van der Waals surface area contributed by atoms with Gasteiger partial charge in [-0.2, -0.15) is 0 Å². The summed E-state index contributed by atoms with van der Waals surface area (Å²) in [7, 11) is 1.63. The zero-order chi connectivity index (χ0) is 15.2. The van der Waals surface area contributed by atoms with Crippen molar-refractivity contribution in [3.63, 3.8) is 0 Å². The van der Waals surface area contributed by atoms with E-state index in [9.17, 15) is 5.11 Å². The lowest BCUT2D eigenvalue weighted by Gasteiger charge is -2.19. The average molecular weight is 294 g/mol. The summed E-state index contributed by atoms with van der Waals surface area (Å²) in [5.74, 6) is 3.08. The van der Waals surface area contributed by atoms with Crippen LogP contribution in [0.25, 0.3) is 0 Å². The number of aromatic nitrogens is 2. The van der Waals surface area contributed by atoms with Crippen molar-refractivity contribution < 1.29 is 9.84 Å². The molecule has 0 radical (unpaired) electrons. The van der Waals surface area contributed by atoms with E-state index in [1.54, 1.807) is 7.11 Å². The monoisotopic (exact) mass is 294 g/mol. The van der Waals surface area contributed by atoms with E-state index in [0.717, 1.165) is 48.8 Å².